The molecule has 2 rings (SSSR count). The van der Waals surface area contributed by atoms with E-state index in [1.165, 1.54) is 0 Å². The van der Waals surface area contributed by atoms with Crippen molar-refractivity contribution >= 4 is 17.3 Å². The fourth-order valence-electron chi connectivity index (χ4n) is 2.07. The van der Waals surface area contributed by atoms with Gasteiger partial charge in [-0.25, -0.2) is 0 Å². The SMILES string of the molecule is CCc1ccccc1C(=O)N(C)c1cccc(N)c1. The van der Waals surface area contributed by atoms with Crippen LogP contribution in [-0.4, -0.2) is 13.0 Å². The molecule has 0 aliphatic rings. The summed E-state index contributed by atoms with van der Waals surface area (Å²) in [5.74, 6) is -0.0111. The molecule has 2 aromatic carbocycles. The highest BCUT2D eigenvalue weighted by Gasteiger charge is 2.15. The van der Waals surface area contributed by atoms with Crippen molar-refractivity contribution in [3.63, 3.8) is 0 Å². The van der Waals surface area contributed by atoms with Gasteiger partial charge in [0.1, 0.15) is 0 Å². The van der Waals surface area contributed by atoms with Crippen molar-refractivity contribution in [3.8, 4) is 0 Å². The molecule has 2 aromatic rings. The Balaban J connectivity index is 2.33. The molecule has 0 aliphatic carbocycles. The largest absolute Gasteiger partial charge is 0.399 e. The molecule has 0 heterocycles. The molecule has 0 saturated carbocycles. The Morgan fingerprint density at radius 1 is 1.16 bits per heavy atom. The molecule has 0 radical (unpaired) electrons. The van der Waals surface area contributed by atoms with Crippen molar-refractivity contribution in [2.75, 3.05) is 17.7 Å². The van der Waals surface area contributed by atoms with Crippen LogP contribution in [0.2, 0.25) is 0 Å². The number of amides is 1. The molecular formula is C16H18N2O. The van der Waals surface area contributed by atoms with Crippen LogP contribution in [0.25, 0.3) is 0 Å². The van der Waals surface area contributed by atoms with Crippen LogP contribution < -0.4 is 10.6 Å². The first kappa shape index (κ1) is 13.1. The van der Waals surface area contributed by atoms with E-state index < -0.39 is 0 Å². The zero-order valence-corrected chi connectivity index (χ0v) is 11.3. The number of carbonyl (C=O) groups is 1. The van der Waals surface area contributed by atoms with Crippen LogP contribution in [0.1, 0.15) is 22.8 Å². The summed E-state index contributed by atoms with van der Waals surface area (Å²) in [6.45, 7) is 2.05. The topological polar surface area (TPSA) is 46.3 Å². The first-order valence-electron chi connectivity index (χ1n) is 6.35. The lowest BCUT2D eigenvalue weighted by molar-refractivity contribution is 0.0992. The first-order chi connectivity index (χ1) is 9.13. The third-order valence-corrected chi connectivity index (χ3v) is 3.19. The summed E-state index contributed by atoms with van der Waals surface area (Å²) < 4.78 is 0. The molecule has 2 N–H and O–H groups in total. The number of hydrogen-bond acceptors (Lipinski definition) is 2. The van der Waals surface area contributed by atoms with Crippen LogP contribution in [0.5, 0.6) is 0 Å². The lowest BCUT2D eigenvalue weighted by Crippen LogP contribution is -2.27. The van der Waals surface area contributed by atoms with Crippen LogP contribution in [-0.2, 0) is 6.42 Å². The van der Waals surface area contributed by atoms with Crippen LogP contribution >= 0.6 is 0 Å². The molecular weight excluding hydrogens is 236 g/mol. The van der Waals surface area contributed by atoms with Crippen molar-refractivity contribution in [2.24, 2.45) is 0 Å². The van der Waals surface area contributed by atoms with Gasteiger partial charge in [0.2, 0.25) is 0 Å². The Kier molecular flexibility index (Phi) is 3.85. The van der Waals surface area contributed by atoms with E-state index in [1.807, 2.05) is 49.4 Å². The molecule has 0 atom stereocenters. The zero-order valence-electron chi connectivity index (χ0n) is 11.3. The van der Waals surface area contributed by atoms with E-state index in [2.05, 4.69) is 0 Å². The second-order valence-electron chi connectivity index (χ2n) is 4.47. The highest BCUT2D eigenvalue weighted by molar-refractivity contribution is 6.06. The maximum absolute atomic E-state index is 12.5. The molecule has 1 amide bonds. The van der Waals surface area contributed by atoms with Gasteiger partial charge in [-0.3, -0.25) is 4.79 Å². The Hall–Kier alpha value is -2.29. The van der Waals surface area contributed by atoms with E-state index in [1.54, 1.807) is 18.0 Å². The molecule has 0 aliphatic heterocycles. The number of hydrogen-bond donors (Lipinski definition) is 1. The lowest BCUT2D eigenvalue weighted by atomic mass is 10.0. The van der Waals surface area contributed by atoms with Crippen molar-refractivity contribution < 1.29 is 4.79 Å². The minimum Gasteiger partial charge on any atom is -0.399 e. The van der Waals surface area contributed by atoms with Crippen LogP contribution in [0, 0.1) is 0 Å². The smallest absolute Gasteiger partial charge is 0.258 e. The van der Waals surface area contributed by atoms with Gasteiger partial charge in [-0.1, -0.05) is 31.2 Å². The van der Waals surface area contributed by atoms with E-state index in [0.717, 1.165) is 23.2 Å². The molecule has 3 heteroatoms. The number of nitrogen functional groups attached to an aromatic ring is 1. The minimum atomic E-state index is -0.0111. The van der Waals surface area contributed by atoms with Gasteiger partial charge in [-0.15, -0.1) is 0 Å². The van der Waals surface area contributed by atoms with Gasteiger partial charge in [-0.2, -0.15) is 0 Å². The summed E-state index contributed by atoms with van der Waals surface area (Å²) >= 11 is 0. The average molecular weight is 254 g/mol. The molecule has 0 bridgehead atoms. The highest BCUT2D eigenvalue weighted by atomic mass is 16.2. The molecule has 0 unspecified atom stereocenters. The molecule has 0 saturated heterocycles. The number of nitrogens with zero attached hydrogens (tertiary/aromatic N) is 1. The minimum absolute atomic E-state index is 0.0111. The number of benzene rings is 2. The predicted molar refractivity (Wildman–Crippen MR) is 79.4 cm³/mol. The quantitative estimate of drug-likeness (QED) is 0.855. The Morgan fingerprint density at radius 2 is 1.89 bits per heavy atom. The molecule has 0 aromatic heterocycles. The molecule has 98 valence electrons. The van der Waals surface area contributed by atoms with Crippen LogP contribution in [0.4, 0.5) is 11.4 Å². The van der Waals surface area contributed by atoms with E-state index >= 15 is 0 Å². The number of carbonyl (C=O) groups excluding carboxylic acids is 1. The van der Waals surface area contributed by atoms with E-state index in [-0.39, 0.29) is 5.91 Å². The van der Waals surface area contributed by atoms with Gasteiger partial charge < -0.3 is 10.6 Å². The summed E-state index contributed by atoms with van der Waals surface area (Å²) in [6.07, 6.45) is 0.840. The Bertz CT molecular complexity index is 593. The van der Waals surface area contributed by atoms with Crippen LogP contribution in [0.3, 0.4) is 0 Å². The van der Waals surface area contributed by atoms with Crippen molar-refractivity contribution in [2.45, 2.75) is 13.3 Å². The third kappa shape index (κ3) is 2.76. The zero-order chi connectivity index (χ0) is 13.8. The van der Waals surface area contributed by atoms with Gasteiger partial charge in [-0.05, 0) is 36.2 Å². The fraction of sp³-hybridized carbons (Fsp3) is 0.188. The van der Waals surface area contributed by atoms with Gasteiger partial charge in [0.15, 0.2) is 0 Å². The van der Waals surface area contributed by atoms with Crippen molar-refractivity contribution in [3.05, 3.63) is 59.7 Å². The predicted octanol–water partition coefficient (Wildman–Crippen LogP) is 3.11. The van der Waals surface area contributed by atoms with Gasteiger partial charge in [0.25, 0.3) is 5.91 Å². The van der Waals surface area contributed by atoms with Gasteiger partial charge in [0.05, 0.1) is 0 Å². The maximum Gasteiger partial charge on any atom is 0.258 e. The summed E-state index contributed by atoms with van der Waals surface area (Å²) in [4.78, 5) is 14.2. The Labute approximate surface area is 113 Å². The summed E-state index contributed by atoms with van der Waals surface area (Å²) in [6, 6.07) is 15.0. The highest BCUT2D eigenvalue weighted by Crippen LogP contribution is 2.20. The number of anilines is 2. The second-order valence-corrected chi connectivity index (χ2v) is 4.47. The average Bonchev–Trinajstić information content (AvgIpc) is 2.45. The van der Waals surface area contributed by atoms with Crippen molar-refractivity contribution in [1.29, 1.82) is 0 Å². The normalized spacial score (nSPS) is 10.2. The third-order valence-electron chi connectivity index (χ3n) is 3.19. The van der Waals surface area contributed by atoms with E-state index in [9.17, 15) is 4.79 Å². The van der Waals surface area contributed by atoms with Gasteiger partial charge >= 0.3 is 0 Å². The maximum atomic E-state index is 12.5. The summed E-state index contributed by atoms with van der Waals surface area (Å²) in [5, 5.41) is 0. The number of nitrogens with two attached hydrogens (primary N) is 1. The van der Waals surface area contributed by atoms with Crippen molar-refractivity contribution in [1.82, 2.24) is 0 Å². The summed E-state index contributed by atoms with van der Waals surface area (Å²) in [5.41, 5.74) is 9.01. The first-order valence-corrected chi connectivity index (χ1v) is 6.35. The second kappa shape index (κ2) is 5.57. The fourth-order valence-corrected chi connectivity index (χ4v) is 2.07. The Morgan fingerprint density at radius 3 is 2.58 bits per heavy atom. The number of aryl methyl sites for hydroxylation is 1. The molecule has 0 spiro atoms. The van der Waals surface area contributed by atoms with Crippen LogP contribution in [0.15, 0.2) is 48.5 Å². The van der Waals surface area contributed by atoms with E-state index in [4.69, 9.17) is 5.73 Å². The number of rotatable bonds is 3. The summed E-state index contributed by atoms with van der Waals surface area (Å²) in [7, 11) is 1.77. The standard InChI is InChI=1S/C16H18N2O/c1-3-12-7-4-5-10-15(12)16(19)18(2)14-9-6-8-13(17)11-14/h4-11H,3,17H2,1-2H3. The molecule has 19 heavy (non-hydrogen) atoms. The lowest BCUT2D eigenvalue weighted by Gasteiger charge is -2.19. The van der Waals surface area contributed by atoms with E-state index in [0.29, 0.717) is 5.69 Å². The van der Waals surface area contributed by atoms with Gasteiger partial charge in [0, 0.05) is 24.0 Å². The molecule has 3 nitrogen and oxygen atoms in total. The monoisotopic (exact) mass is 254 g/mol. The molecule has 0 fully saturated rings.